The second-order valence-electron chi connectivity index (χ2n) is 4.43. The fourth-order valence-electron chi connectivity index (χ4n) is 1.96. The first kappa shape index (κ1) is 12.7. The van der Waals surface area contributed by atoms with E-state index in [-0.39, 0.29) is 0 Å². The standard InChI is InChI=1S/C17H13ClN2/c18-15-5-4-6-16(11-15)19-12-14-9-10-20(13-14)17-7-2-1-3-8-17/h1-13H. The Hall–Kier alpha value is -2.32. The van der Waals surface area contributed by atoms with Crippen LogP contribution >= 0.6 is 11.6 Å². The molecule has 0 radical (unpaired) electrons. The summed E-state index contributed by atoms with van der Waals surface area (Å²) in [5.74, 6) is 0. The summed E-state index contributed by atoms with van der Waals surface area (Å²) in [6.45, 7) is 0. The van der Waals surface area contributed by atoms with Crippen LogP contribution in [-0.4, -0.2) is 10.8 Å². The molecule has 3 rings (SSSR count). The maximum Gasteiger partial charge on any atom is 0.0644 e. The molecule has 0 aliphatic carbocycles. The fraction of sp³-hybridized carbons (Fsp3) is 0. The van der Waals surface area contributed by atoms with E-state index in [1.165, 1.54) is 0 Å². The van der Waals surface area contributed by atoms with Crippen molar-refractivity contribution in [3.05, 3.63) is 83.6 Å². The van der Waals surface area contributed by atoms with Crippen LogP contribution in [0.1, 0.15) is 5.56 Å². The summed E-state index contributed by atoms with van der Waals surface area (Å²) in [6.07, 6.45) is 5.91. The highest BCUT2D eigenvalue weighted by atomic mass is 35.5. The Morgan fingerprint density at radius 3 is 2.60 bits per heavy atom. The molecule has 3 heteroatoms. The van der Waals surface area contributed by atoms with Crippen LogP contribution in [0.3, 0.4) is 0 Å². The molecule has 0 N–H and O–H groups in total. The van der Waals surface area contributed by atoms with E-state index in [9.17, 15) is 0 Å². The van der Waals surface area contributed by atoms with Gasteiger partial charge in [-0.25, -0.2) is 0 Å². The van der Waals surface area contributed by atoms with E-state index in [0.29, 0.717) is 5.02 Å². The summed E-state index contributed by atoms with van der Waals surface area (Å²) in [4.78, 5) is 4.42. The van der Waals surface area contributed by atoms with E-state index in [1.807, 2.05) is 67.1 Å². The van der Waals surface area contributed by atoms with Crippen molar-refractivity contribution < 1.29 is 0 Å². The fourth-order valence-corrected chi connectivity index (χ4v) is 2.14. The highest BCUT2D eigenvalue weighted by Gasteiger charge is 1.97. The lowest BCUT2D eigenvalue weighted by Gasteiger charge is -2.00. The van der Waals surface area contributed by atoms with Crippen molar-refractivity contribution in [1.82, 2.24) is 4.57 Å². The van der Waals surface area contributed by atoms with Crippen molar-refractivity contribution in [2.75, 3.05) is 0 Å². The van der Waals surface area contributed by atoms with E-state index in [0.717, 1.165) is 16.9 Å². The van der Waals surface area contributed by atoms with E-state index in [4.69, 9.17) is 11.6 Å². The molecule has 0 saturated heterocycles. The Morgan fingerprint density at radius 2 is 1.80 bits per heavy atom. The van der Waals surface area contributed by atoms with Gasteiger partial charge in [-0.3, -0.25) is 4.99 Å². The number of hydrogen-bond acceptors (Lipinski definition) is 1. The Balaban J connectivity index is 1.81. The average molecular weight is 281 g/mol. The molecule has 0 bridgehead atoms. The molecule has 0 amide bonds. The zero-order chi connectivity index (χ0) is 13.8. The van der Waals surface area contributed by atoms with E-state index in [1.54, 1.807) is 0 Å². The molecule has 98 valence electrons. The number of halogens is 1. The molecule has 0 fully saturated rings. The minimum Gasteiger partial charge on any atom is -0.323 e. The predicted octanol–water partition coefficient (Wildman–Crippen LogP) is 4.88. The first-order valence-corrected chi connectivity index (χ1v) is 6.72. The number of hydrogen-bond donors (Lipinski definition) is 0. The summed E-state index contributed by atoms with van der Waals surface area (Å²) in [6, 6.07) is 19.7. The first-order valence-electron chi connectivity index (χ1n) is 6.34. The van der Waals surface area contributed by atoms with E-state index in [2.05, 4.69) is 21.7 Å². The number of aliphatic imine (C=N–C) groups is 1. The first-order chi connectivity index (χ1) is 9.81. The van der Waals surface area contributed by atoms with Crippen LogP contribution in [0.4, 0.5) is 5.69 Å². The second-order valence-corrected chi connectivity index (χ2v) is 4.86. The van der Waals surface area contributed by atoms with Gasteiger partial charge in [0.25, 0.3) is 0 Å². The van der Waals surface area contributed by atoms with Gasteiger partial charge in [0.15, 0.2) is 0 Å². The van der Waals surface area contributed by atoms with Gasteiger partial charge in [-0.15, -0.1) is 0 Å². The van der Waals surface area contributed by atoms with Crippen molar-refractivity contribution in [3.8, 4) is 5.69 Å². The molecule has 2 nitrogen and oxygen atoms in total. The van der Waals surface area contributed by atoms with E-state index < -0.39 is 0 Å². The highest BCUT2D eigenvalue weighted by Crippen LogP contribution is 2.18. The molecule has 0 unspecified atom stereocenters. The Morgan fingerprint density at radius 1 is 0.950 bits per heavy atom. The van der Waals surface area contributed by atoms with Gasteiger partial charge in [-0.1, -0.05) is 35.9 Å². The molecule has 0 aliphatic heterocycles. The molecule has 0 aliphatic rings. The van der Waals surface area contributed by atoms with Gasteiger partial charge in [0.1, 0.15) is 0 Å². The summed E-state index contributed by atoms with van der Waals surface area (Å²) in [5, 5.41) is 0.696. The van der Waals surface area contributed by atoms with Gasteiger partial charge in [0.2, 0.25) is 0 Å². The SMILES string of the molecule is Clc1cccc(N=Cc2ccn(-c3ccccc3)c2)c1. The van der Waals surface area contributed by atoms with Crippen LogP contribution in [-0.2, 0) is 0 Å². The Bertz CT molecular complexity index is 730. The molecule has 0 atom stereocenters. The molecule has 20 heavy (non-hydrogen) atoms. The van der Waals surface area contributed by atoms with Gasteiger partial charge in [0.05, 0.1) is 5.69 Å². The molecule has 1 heterocycles. The zero-order valence-electron chi connectivity index (χ0n) is 10.8. The molecular weight excluding hydrogens is 268 g/mol. The Kier molecular flexibility index (Phi) is 3.66. The molecule has 2 aromatic carbocycles. The van der Waals surface area contributed by atoms with Crippen molar-refractivity contribution in [2.45, 2.75) is 0 Å². The molecule has 1 aromatic heterocycles. The lowest BCUT2D eigenvalue weighted by atomic mass is 10.3. The zero-order valence-corrected chi connectivity index (χ0v) is 11.5. The smallest absolute Gasteiger partial charge is 0.0644 e. The third kappa shape index (κ3) is 2.98. The molecule has 3 aromatic rings. The monoisotopic (exact) mass is 280 g/mol. The van der Waals surface area contributed by atoms with E-state index >= 15 is 0 Å². The lowest BCUT2D eigenvalue weighted by molar-refractivity contribution is 1.08. The van der Waals surface area contributed by atoms with Crippen LogP contribution in [0.15, 0.2) is 78.0 Å². The maximum absolute atomic E-state index is 5.93. The van der Waals surface area contributed by atoms with Gasteiger partial charge in [0, 0.05) is 34.9 Å². The number of para-hydroxylation sites is 1. The quantitative estimate of drug-likeness (QED) is 0.608. The molecule has 0 spiro atoms. The predicted molar refractivity (Wildman–Crippen MR) is 84.5 cm³/mol. The molecular formula is C17H13ClN2. The Labute approximate surface area is 123 Å². The van der Waals surface area contributed by atoms with Gasteiger partial charge in [-0.05, 0) is 36.4 Å². The third-order valence-electron chi connectivity index (χ3n) is 2.94. The molecule has 0 saturated carbocycles. The number of nitrogens with zero attached hydrogens (tertiary/aromatic N) is 2. The van der Waals surface area contributed by atoms with Crippen molar-refractivity contribution in [2.24, 2.45) is 4.99 Å². The van der Waals surface area contributed by atoms with Crippen LogP contribution in [0.25, 0.3) is 5.69 Å². The normalized spacial score (nSPS) is 11.1. The average Bonchev–Trinajstić information content (AvgIpc) is 2.95. The minimum absolute atomic E-state index is 0.696. The van der Waals surface area contributed by atoms with Gasteiger partial charge in [-0.2, -0.15) is 0 Å². The van der Waals surface area contributed by atoms with Gasteiger partial charge < -0.3 is 4.57 Å². The summed E-state index contributed by atoms with van der Waals surface area (Å²) in [5.41, 5.74) is 3.04. The largest absolute Gasteiger partial charge is 0.323 e. The van der Waals surface area contributed by atoms with Crippen molar-refractivity contribution in [3.63, 3.8) is 0 Å². The summed E-state index contributed by atoms with van der Waals surface area (Å²) >= 11 is 5.93. The minimum atomic E-state index is 0.696. The third-order valence-corrected chi connectivity index (χ3v) is 3.18. The highest BCUT2D eigenvalue weighted by molar-refractivity contribution is 6.30. The number of rotatable bonds is 3. The number of benzene rings is 2. The van der Waals surface area contributed by atoms with Crippen molar-refractivity contribution >= 4 is 23.5 Å². The van der Waals surface area contributed by atoms with Gasteiger partial charge >= 0.3 is 0 Å². The maximum atomic E-state index is 5.93. The summed E-state index contributed by atoms with van der Waals surface area (Å²) < 4.78 is 2.07. The topological polar surface area (TPSA) is 17.3 Å². The summed E-state index contributed by atoms with van der Waals surface area (Å²) in [7, 11) is 0. The number of aromatic nitrogens is 1. The van der Waals surface area contributed by atoms with Crippen LogP contribution in [0.2, 0.25) is 5.02 Å². The lowest BCUT2D eigenvalue weighted by Crippen LogP contribution is -1.88. The van der Waals surface area contributed by atoms with Crippen molar-refractivity contribution in [1.29, 1.82) is 0 Å². The van der Waals surface area contributed by atoms with Crippen LogP contribution < -0.4 is 0 Å². The van der Waals surface area contributed by atoms with Crippen LogP contribution in [0.5, 0.6) is 0 Å². The second kappa shape index (κ2) is 5.76. The van der Waals surface area contributed by atoms with Crippen LogP contribution in [0, 0.1) is 0 Å².